The number of carbonyl (C=O) groups excluding carboxylic acids is 2. The van der Waals surface area contributed by atoms with E-state index in [-0.39, 0.29) is 44.0 Å². The molecule has 1 N–H and O–H groups in total. The molecule has 0 unspecified atom stereocenters. The zero-order valence-corrected chi connectivity index (χ0v) is 22.1. The number of carbonyl (C=O) groups is 2. The topological polar surface area (TPSA) is 105 Å². The van der Waals surface area contributed by atoms with Crippen molar-refractivity contribution in [3.63, 3.8) is 0 Å². The Morgan fingerprint density at radius 1 is 1.06 bits per heavy atom. The lowest BCUT2D eigenvalue weighted by molar-refractivity contribution is -0.141. The van der Waals surface area contributed by atoms with E-state index in [1.54, 1.807) is 23.1 Å². The molecule has 10 heteroatoms. The summed E-state index contributed by atoms with van der Waals surface area (Å²) in [7, 11) is -3.60. The van der Waals surface area contributed by atoms with Crippen molar-refractivity contribution in [3.8, 4) is 11.5 Å². The van der Waals surface area contributed by atoms with Crippen LogP contribution in [0.4, 0.5) is 5.69 Å². The summed E-state index contributed by atoms with van der Waals surface area (Å²) in [5, 5.41) is 2.91. The van der Waals surface area contributed by atoms with Crippen molar-refractivity contribution in [2.45, 2.75) is 58.7 Å². The second kappa shape index (κ2) is 12.1. The molecule has 0 fully saturated rings. The van der Waals surface area contributed by atoms with Crippen molar-refractivity contribution >= 4 is 27.5 Å². The van der Waals surface area contributed by atoms with Crippen molar-refractivity contribution in [2.75, 3.05) is 23.9 Å². The van der Waals surface area contributed by atoms with Gasteiger partial charge in [-0.25, -0.2) is 8.42 Å². The molecule has 3 rings (SSSR count). The van der Waals surface area contributed by atoms with Gasteiger partial charge in [0, 0.05) is 31.6 Å². The number of nitrogens with zero attached hydrogens (tertiary/aromatic N) is 2. The van der Waals surface area contributed by atoms with E-state index in [0.29, 0.717) is 30.2 Å². The first-order valence-corrected chi connectivity index (χ1v) is 14.0. The normalized spacial score (nSPS) is 13.4. The van der Waals surface area contributed by atoms with Gasteiger partial charge in [0.1, 0.15) is 6.04 Å². The van der Waals surface area contributed by atoms with Crippen LogP contribution in [0.3, 0.4) is 0 Å². The highest BCUT2D eigenvalue weighted by Crippen LogP contribution is 2.36. The zero-order chi connectivity index (χ0) is 26.3. The van der Waals surface area contributed by atoms with E-state index >= 15 is 0 Å². The SMILES string of the molecule is CC[C@@H](C(=O)NC(C)C)N(Cc1ccccc1)C(=O)CCCN(c1ccc2c(c1)OCO2)S(C)(=O)=O. The quantitative estimate of drug-likeness (QED) is 0.463. The van der Waals surface area contributed by atoms with Gasteiger partial charge in [-0.2, -0.15) is 0 Å². The van der Waals surface area contributed by atoms with E-state index in [0.717, 1.165) is 11.8 Å². The van der Waals surface area contributed by atoms with Gasteiger partial charge in [-0.1, -0.05) is 37.3 Å². The molecule has 2 aromatic rings. The highest BCUT2D eigenvalue weighted by molar-refractivity contribution is 7.92. The Balaban J connectivity index is 1.74. The number of hydrogen-bond donors (Lipinski definition) is 1. The third-order valence-electron chi connectivity index (χ3n) is 5.81. The van der Waals surface area contributed by atoms with Gasteiger partial charge in [0.05, 0.1) is 11.9 Å². The summed E-state index contributed by atoms with van der Waals surface area (Å²) in [5.41, 5.74) is 1.36. The molecule has 0 aliphatic carbocycles. The van der Waals surface area contributed by atoms with Crippen LogP contribution in [0.25, 0.3) is 0 Å². The van der Waals surface area contributed by atoms with Gasteiger partial charge in [0.15, 0.2) is 11.5 Å². The standard InChI is InChI=1S/C26H35N3O6S/c1-5-22(26(31)27-19(2)3)28(17-20-10-7-6-8-11-20)25(30)12-9-15-29(36(4,32)33)21-13-14-23-24(16-21)35-18-34-23/h6-8,10-11,13-14,16,19,22H,5,9,12,15,17-18H2,1-4H3,(H,27,31)/t22-/m0/s1. The second-order valence-electron chi connectivity index (χ2n) is 9.07. The molecular formula is C26H35N3O6S. The highest BCUT2D eigenvalue weighted by atomic mass is 32.2. The molecular weight excluding hydrogens is 482 g/mol. The monoisotopic (exact) mass is 517 g/mol. The lowest BCUT2D eigenvalue weighted by Crippen LogP contribution is -2.50. The maximum atomic E-state index is 13.4. The minimum atomic E-state index is -3.60. The van der Waals surface area contributed by atoms with E-state index in [4.69, 9.17) is 9.47 Å². The Morgan fingerprint density at radius 2 is 1.75 bits per heavy atom. The molecule has 1 aliphatic heterocycles. The van der Waals surface area contributed by atoms with Crippen LogP contribution in [0, 0.1) is 0 Å². The maximum Gasteiger partial charge on any atom is 0.243 e. The van der Waals surface area contributed by atoms with Gasteiger partial charge in [0.25, 0.3) is 0 Å². The Morgan fingerprint density at radius 3 is 2.39 bits per heavy atom. The number of rotatable bonds is 12. The van der Waals surface area contributed by atoms with Crippen molar-refractivity contribution in [1.82, 2.24) is 10.2 Å². The summed E-state index contributed by atoms with van der Waals surface area (Å²) in [6.07, 6.45) is 1.97. The average Bonchev–Trinajstić information content (AvgIpc) is 3.29. The lowest BCUT2D eigenvalue weighted by Gasteiger charge is -2.31. The summed E-state index contributed by atoms with van der Waals surface area (Å²) in [4.78, 5) is 27.9. The van der Waals surface area contributed by atoms with Gasteiger partial charge >= 0.3 is 0 Å². The van der Waals surface area contributed by atoms with Gasteiger partial charge < -0.3 is 19.7 Å². The Kier molecular flexibility index (Phi) is 9.19. The van der Waals surface area contributed by atoms with E-state index < -0.39 is 16.1 Å². The first-order chi connectivity index (χ1) is 17.1. The van der Waals surface area contributed by atoms with Crippen LogP contribution in [0.15, 0.2) is 48.5 Å². The number of anilines is 1. The third-order valence-corrected chi connectivity index (χ3v) is 7.00. The smallest absolute Gasteiger partial charge is 0.243 e. The summed E-state index contributed by atoms with van der Waals surface area (Å²) in [6, 6.07) is 13.8. The van der Waals surface area contributed by atoms with E-state index in [1.165, 1.54) is 4.31 Å². The van der Waals surface area contributed by atoms with Gasteiger partial charge in [-0.15, -0.1) is 0 Å². The fourth-order valence-corrected chi connectivity index (χ4v) is 5.08. The van der Waals surface area contributed by atoms with Crippen LogP contribution >= 0.6 is 0 Å². The number of benzene rings is 2. The fraction of sp³-hybridized carbons (Fsp3) is 0.462. The third kappa shape index (κ3) is 7.13. The molecule has 1 atom stereocenters. The van der Waals surface area contributed by atoms with Crippen LogP contribution in [-0.2, 0) is 26.2 Å². The van der Waals surface area contributed by atoms with E-state index in [9.17, 15) is 18.0 Å². The molecule has 0 spiro atoms. The first-order valence-electron chi connectivity index (χ1n) is 12.1. The first kappa shape index (κ1) is 27.3. The largest absolute Gasteiger partial charge is 0.454 e. The number of nitrogens with one attached hydrogen (secondary N) is 1. The van der Waals surface area contributed by atoms with Crippen molar-refractivity contribution in [1.29, 1.82) is 0 Å². The molecule has 0 bridgehead atoms. The molecule has 0 saturated heterocycles. The van der Waals surface area contributed by atoms with Crippen LogP contribution in [0.2, 0.25) is 0 Å². The molecule has 0 saturated carbocycles. The fourth-order valence-electron chi connectivity index (χ4n) is 4.12. The van der Waals surface area contributed by atoms with Gasteiger partial charge in [0.2, 0.25) is 28.6 Å². The molecule has 1 heterocycles. The van der Waals surface area contributed by atoms with E-state index in [2.05, 4.69) is 5.32 Å². The molecule has 196 valence electrons. The zero-order valence-electron chi connectivity index (χ0n) is 21.3. The Labute approximate surface area is 213 Å². The van der Waals surface area contributed by atoms with Crippen molar-refractivity contribution in [2.24, 2.45) is 0 Å². The van der Waals surface area contributed by atoms with E-state index in [1.807, 2.05) is 51.1 Å². The predicted octanol–water partition coefficient (Wildman–Crippen LogP) is 3.29. The Hall–Kier alpha value is -3.27. The molecule has 9 nitrogen and oxygen atoms in total. The Bertz CT molecular complexity index is 1150. The minimum Gasteiger partial charge on any atom is -0.454 e. The molecule has 2 amide bonds. The molecule has 0 radical (unpaired) electrons. The molecule has 36 heavy (non-hydrogen) atoms. The number of hydrogen-bond acceptors (Lipinski definition) is 6. The second-order valence-corrected chi connectivity index (χ2v) is 11.0. The highest BCUT2D eigenvalue weighted by Gasteiger charge is 2.29. The summed E-state index contributed by atoms with van der Waals surface area (Å²) >= 11 is 0. The van der Waals surface area contributed by atoms with Crippen LogP contribution < -0.4 is 19.1 Å². The number of ether oxygens (including phenoxy) is 2. The van der Waals surface area contributed by atoms with Gasteiger partial charge in [-0.05, 0) is 44.4 Å². The molecule has 0 aromatic heterocycles. The predicted molar refractivity (Wildman–Crippen MR) is 138 cm³/mol. The molecule has 1 aliphatic rings. The maximum absolute atomic E-state index is 13.4. The molecule has 2 aromatic carbocycles. The van der Waals surface area contributed by atoms with Crippen LogP contribution in [-0.4, -0.2) is 56.8 Å². The summed E-state index contributed by atoms with van der Waals surface area (Å²) in [6.45, 7) is 6.13. The minimum absolute atomic E-state index is 0.0507. The summed E-state index contributed by atoms with van der Waals surface area (Å²) < 4.78 is 37.0. The van der Waals surface area contributed by atoms with Crippen molar-refractivity contribution < 1.29 is 27.5 Å². The van der Waals surface area contributed by atoms with Gasteiger partial charge in [-0.3, -0.25) is 13.9 Å². The summed E-state index contributed by atoms with van der Waals surface area (Å²) in [5.74, 6) is 0.635. The van der Waals surface area contributed by atoms with Crippen molar-refractivity contribution in [3.05, 3.63) is 54.1 Å². The van der Waals surface area contributed by atoms with Crippen LogP contribution in [0.5, 0.6) is 11.5 Å². The number of fused-ring (bicyclic) bond motifs is 1. The van der Waals surface area contributed by atoms with Crippen LogP contribution in [0.1, 0.15) is 45.6 Å². The average molecular weight is 518 g/mol. The number of amides is 2. The lowest BCUT2D eigenvalue weighted by atomic mass is 10.1. The number of sulfonamides is 1.